The van der Waals surface area contributed by atoms with E-state index in [1.54, 1.807) is 24.3 Å². The standard InChI is InChI=1S/C29H31N3O.C8H5NO2/c1-2-3-15-31-28-23(19-30)16-26(21-7-5-4-6-8-21)27(32-28)22-11-9-20(10-12-22)24-17-29(33,18-24)25-13-14-25;10-7-5-3-1-2-4-6(5)8(11)9-7/h3-12,15-16,19,24-25,30,33H,2,13-14,17-18H2,1H3,(H,31,32);1-4H,(H,9,10,11)/b15-3-,30-19?;. The number of imide groups is 1. The first-order valence-electron chi connectivity index (χ1n) is 15.2. The molecular weight excluding hydrogens is 548 g/mol. The van der Waals surface area contributed by atoms with E-state index in [9.17, 15) is 14.7 Å². The zero-order valence-corrected chi connectivity index (χ0v) is 24.7. The van der Waals surface area contributed by atoms with Crippen molar-refractivity contribution in [1.29, 1.82) is 5.41 Å². The number of nitrogens with one attached hydrogen (secondary N) is 3. The molecule has 0 bridgehead atoms. The second-order valence-corrected chi connectivity index (χ2v) is 11.7. The maximum atomic E-state index is 10.9. The largest absolute Gasteiger partial charge is 0.390 e. The Bertz CT molecular complexity index is 1690. The molecule has 7 rings (SSSR count). The molecule has 2 heterocycles. The van der Waals surface area contributed by atoms with E-state index in [0.29, 0.717) is 28.8 Å². The van der Waals surface area contributed by atoms with Crippen LogP contribution in [0.25, 0.3) is 22.4 Å². The summed E-state index contributed by atoms with van der Waals surface area (Å²) in [5.74, 6) is 1.06. The summed E-state index contributed by atoms with van der Waals surface area (Å²) in [6.45, 7) is 2.09. The first-order chi connectivity index (χ1) is 21.4. The van der Waals surface area contributed by atoms with Gasteiger partial charge in [-0.2, -0.15) is 0 Å². The Morgan fingerprint density at radius 1 is 0.909 bits per heavy atom. The molecule has 4 N–H and O–H groups in total. The van der Waals surface area contributed by atoms with E-state index in [1.165, 1.54) is 24.6 Å². The van der Waals surface area contributed by atoms with Crippen molar-refractivity contribution in [3.05, 3.63) is 119 Å². The molecule has 0 saturated heterocycles. The molecule has 1 aromatic heterocycles. The van der Waals surface area contributed by atoms with Crippen molar-refractivity contribution in [1.82, 2.24) is 10.3 Å². The fourth-order valence-corrected chi connectivity index (χ4v) is 6.08. The molecule has 2 aliphatic carbocycles. The van der Waals surface area contributed by atoms with Gasteiger partial charge in [-0.15, -0.1) is 0 Å². The van der Waals surface area contributed by atoms with Crippen LogP contribution in [0.2, 0.25) is 0 Å². The number of rotatable bonds is 8. The number of benzene rings is 3. The van der Waals surface area contributed by atoms with Crippen molar-refractivity contribution in [2.24, 2.45) is 5.92 Å². The van der Waals surface area contributed by atoms with Crippen molar-refractivity contribution in [3.8, 4) is 22.4 Å². The minimum atomic E-state index is -0.416. The molecule has 3 aromatic carbocycles. The lowest BCUT2D eigenvalue weighted by molar-refractivity contribution is -0.0679. The molecule has 7 nitrogen and oxygen atoms in total. The Hall–Kier alpha value is -4.88. The van der Waals surface area contributed by atoms with Crippen LogP contribution in [-0.4, -0.2) is 33.7 Å². The van der Waals surface area contributed by atoms with Crippen molar-refractivity contribution in [2.75, 3.05) is 5.32 Å². The van der Waals surface area contributed by atoms with Crippen LogP contribution in [0.4, 0.5) is 5.82 Å². The summed E-state index contributed by atoms with van der Waals surface area (Å²) in [5, 5.41) is 24.1. The molecule has 44 heavy (non-hydrogen) atoms. The van der Waals surface area contributed by atoms with Crippen LogP contribution in [0.1, 0.15) is 76.8 Å². The summed E-state index contributed by atoms with van der Waals surface area (Å²) in [7, 11) is 0. The van der Waals surface area contributed by atoms with Crippen LogP contribution in [-0.2, 0) is 0 Å². The smallest absolute Gasteiger partial charge is 0.258 e. The zero-order chi connectivity index (χ0) is 30.7. The number of hydrogen-bond acceptors (Lipinski definition) is 6. The van der Waals surface area contributed by atoms with Gasteiger partial charge in [-0.1, -0.05) is 79.7 Å². The van der Waals surface area contributed by atoms with Crippen LogP contribution in [0, 0.1) is 11.3 Å². The normalized spacial score (nSPS) is 20.3. The van der Waals surface area contributed by atoms with Crippen LogP contribution in [0.15, 0.2) is 97.2 Å². The number of amides is 2. The summed E-state index contributed by atoms with van der Waals surface area (Å²) in [6, 6.07) is 27.7. The van der Waals surface area contributed by atoms with Gasteiger partial charge >= 0.3 is 0 Å². The molecule has 7 heteroatoms. The number of carbonyl (C=O) groups is 2. The highest BCUT2D eigenvalue weighted by molar-refractivity contribution is 6.21. The van der Waals surface area contributed by atoms with Gasteiger partial charge in [0.15, 0.2) is 0 Å². The van der Waals surface area contributed by atoms with Gasteiger partial charge in [0.2, 0.25) is 0 Å². The number of fused-ring (bicyclic) bond motifs is 1. The van der Waals surface area contributed by atoms with E-state index in [4.69, 9.17) is 10.4 Å². The maximum Gasteiger partial charge on any atom is 0.258 e. The molecule has 0 atom stereocenters. The number of pyridine rings is 1. The third kappa shape index (κ3) is 5.96. The number of aliphatic hydroxyl groups is 1. The number of aromatic nitrogens is 1. The van der Waals surface area contributed by atoms with Crippen molar-refractivity contribution in [3.63, 3.8) is 0 Å². The number of carbonyl (C=O) groups excluding carboxylic acids is 2. The van der Waals surface area contributed by atoms with E-state index in [1.807, 2.05) is 36.5 Å². The van der Waals surface area contributed by atoms with Gasteiger partial charge in [-0.05, 0) is 79.5 Å². The minimum absolute atomic E-state index is 0.300. The predicted octanol–water partition coefficient (Wildman–Crippen LogP) is 7.34. The molecular formula is C37H36N4O3. The van der Waals surface area contributed by atoms with Gasteiger partial charge in [0.05, 0.1) is 22.4 Å². The summed E-state index contributed by atoms with van der Waals surface area (Å²) >= 11 is 0. The molecule has 0 spiro atoms. The van der Waals surface area contributed by atoms with E-state index < -0.39 is 5.60 Å². The number of allylic oxidation sites excluding steroid dienone is 1. The molecule has 2 amide bonds. The van der Waals surface area contributed by atoms with Crippen LogP contribution < -0.4 is 10.6 Å². The quantitative estimate of drug-likeness (QED) is 0.128. The maximum absolute atomic E-state index is 10.9. The van der Waals surface area contributed by atoms with E-state index in [-0.39, 0.29) is 11.8 Å². The molecule has 4 aromatic rings. The van der Waals surface area contributed by atoms with E-state index in [0.717, 1.165) is 47.2 Å². The first-order valence-corrected chi connectivity index (χ1v) is 15.2. The summed E-state index contributed by atoms with van der Waals surface area (Å²) in [5.41, 5.74) is 6.61. The second kappa shape index (κ2) is 12.4. The van der Waals surface area contributed by atoms with E-state index in [2.05, 4.69) is 54.0 Å². The Labute approximate surface area is 257 Å². The Morgan fingerprint density at radius 2 is 1.55 bits per heavy atom. The number of nitrogens with zero attached hydrogens (tertiary/aromatic N) is 1. The van der Waals surface area contributed by atoms with Gasteiger partial charge < -0.3 is 15.8 Å². The van der Waals surface area contributed by atoms with Gasteiger partial charge in [-0.25, -0.2) is 4.98 Å². The summed E-state index contributed by atoms with van der Waals surface area (Å²) in [6.07, 6.45) is 10.4. The highest BCUT2D eigenvalue weighted by Crippen LogP contribution is 2.56. The first kappa shape index (κ1) is 29.2. The molecule has 1 aliphatic heterocycles. The SMILES string of the molecule is CC/C=C\Nc1nc(-c2ccc(C3CC(O)(C4CC4)C3)cc2)c(-c2ccccc2)cc1C=N.O=C1NC(=O)c2ccccc21. The van der Waals surface area contributed by atoms with Gasteiger partial charge in [-0.3, -0.25) is 14.9 Å². The van der Waals surface area contributed by atoms with E-state index >= 15 is 0 Å². The third-order valence-electron chi connectivity index (χ3n) is 8.70. The fraction of sp³-hybridized carbons (Fsp3) is 0.243. The summed E-state index contributed by atoms with van der Waals surface area (Å²) in [4.78, 5) is 26.9. The topological polar surface area (TPSA) is 115 Å². The monoisotopic (exact) mass is 584 g/mol. The fourth-order valence-electron chi connectivity index (χ4n) is 6.08. The average Bonchev–Trinajstić information content (AvgIpc) is 3.86. The highest BCUT2D eigenvalue weighted by atomic mass is 16.3. The Morgan fingerprint density at radius 3 is 2.14 bits per heavy atom. The number of hydrogen-bond donors (Lipinski definition) is 4. The minimum Gasteiger partial charge on any atom is -0.390 e. The molecule has 0 radical (unpaired) electrons. The highest BCUT2D eigenvalue weighted by Gasteiger charge is 2.52. The molecule has 0 unspecified atom stereocenters. The van der Waals surface area contributed by atoms with Gasteiger partial charge in [0, 0.05) is 22.9 Å². The Balaban J connectivity index is 0.000000261. The molecule has 222 valence electrons. The van der Waals surface area contributed by atoms with Crippen molar-refractivity contribution < 1.29 is 14.7 Å². The van der Waals surface area contributed by atoms with Crippen LogP contribution in [0.3, 0.4) is 0 Å². The lowest BCUT2D eigenvalue weighted by atomic mass is 9.65. The Kier molecular flexibility index (Phi) is 8.22. The van der Waals surface area contributed by atoms with Crippen molar-refractivity contribution in [2.45, 2.75) is 50.5 Å². The van der Waals surface area contributed by atoms with Crippen molar-refractivity contribution >= 4 is 23.8 Å². The second-order valence-electron chi connectivity index (χ2n) is 11.7. The molecule has 2 saturated carbocycles. The lowest BCUT2D eigenvalue weighted by Gasteiger charge is -2.44. The zero-order valence-electron chi connectivity index (χ0n) is 24.7. The summed E-state index contributed by atoms with van der Waals surface area (Å²) < 4.78 is 0. The third-order valence-corrected chi connectivity index (χ3v) is 8.70. The molecule has 3 aliphatic rings. The molecule has 2 fully saturated rings. The van der Waals surface area contributed by atoms with Crippen LogP contribution >= 0.6 is 0 Å². The average molecular weight is 585 g/mol. The van der Waals surface area contributed by atoms with Crippen LogP contribution in [0.5, 0.6) is 0 Å². The van der Waals surface area contributed by atoms with Gasteiger partial charge in [0.25, 0.3) is 11.8 Å². The lowest BCUT2D eigenvalue weighted by Crippen LogP contribution is -2.44. The number of anilines is 1. The predicted molar refractivity (Wildman–Crippen MR) is 174 cm³/mol. The van der Waals surface area contributed by atoms with Gasteiger partial charge in [0.1, 0.15) is 5.82 Å².